The third-order valence-corrected chi connectivity index (χ3v) is 3.81. The highest BCUT2D eigenvalue weighted by molar-refractivity contribution is 7.18. The Hall–Kier alpha value is -2.22. The third-order valence-electron chi connectivity index (χ3n) is 3.55. The number of ether oxygens (including phenoxy) is 1. The second kappa shape index (κ2) is 6.91. The maximum Gasteiger partial charge on any atom is 0.397 e. The maximum absolute atomic E-state index is 10.9. The van der Waals surface area contributed by atoms with Gasteiger partial charge in [-0.2, -0.15) is 0 Å². The lowest BCUT2D eigenvalue weighted by Crippen LogP contribution is -2.46. The van der Waals surface area contributed by atoms with Crippen LogP contribution in [0, 0.1) is 10.1 Å². The molecule has 0 aliphatic carbocycles. The minimum atomic E-state index is -0.535. The van der Waals surface area contributed by atoms with Crippen molar-refractivity contribution in [2.24, 2.45) is 9.98 Å². The highest BCUT2D eigenvalue weighted by Crippen LogP contribution is 2.27. The van der Waals surface area contributed by atoms with Crippen LogP contribution in [0.15, 0.2) is 28.2 Å². The van der Waals surface area contributed by atoms with Crippen molar-refractivity contribution in [3.8, 4) is 0 Å². The first-order valence-corrected chi connectivity index (χ1v) is 7.64. The summed E-state index contributed by atoms with van der Waals surface area (Å²) < 4.78 is 21.3. The number of fused-ring (bicyclic) bond motifs is 1. The number of morpholine rings is 1. The molecule has 1 fully saturated rings. The molecule has 1 saturated heterocycles. The Balaban J connectivity index is 1.98. The molecule has 120 valence electrons. The number of rotatable bonds is 3. The summed E-state index contributed by atoms with van der Waals surface area (Å²) in [5.74, 6) is 0.187. The van der Waals surface area contributed by atoms with E-state index in [4.69, 9.17) is 9.26 Å². The number of non-ortho nitro benzene ring substituents is 1. The third kappa shape index (κ3) is 3.42. The molecule has 2 heterocycles. The van der Waals surface area contributed by atoms with Crippen molar-refractivity contribution in [2.45, 2.75) is 6.17 Å². The highest BCUT2D eigenvalue weighted by atomic mass is 31.1. The Kier molecular flexibility index (Phi) is 4.71. The average molecular weight is 336 g/mol. The van der Waals surface area contributed by atoms with E-state index in [1.165, 1.54) is 24.4 Å². The fourth-order valence-electron chi connectivity index (χ4n) is 2.43. The summed E-state index contributed by atoms with van der Waals surface area (Å²) in [6.07, 6.45) is 0.996. The molecule has 10 heteroatoms. The van der Waals surface area contributed by atoms with Crippen LogP contribution >= 0.6 is 8.69 Å². The normalized spacial score (nSPS) is 21.4. The molecule has 23 heavy (non-hydrogen) atoms. The summed E-state index contributed by atoms with van der Waals surface area (Å²) in [4.78, 5) is 21.2. The van der Waals surface area contributed by atoms with E-state index in [1.54, 1.807) is 0 Å². The lowest BCUT2D eigenvalue weighted by molar-refractivity contribution is -0.384. The Labute approximate surface area is 133 Å². The van der Waals surface area contributed by atoms with Gasteiger partial charge >= 0.3 is 8.69 Å². The zero-order valence-corrected chi connectivity index (χ0v) is 12.9. The number of nitro benzene ring substituents is 1. The number of aliphatic imine (C=N–C) groups is 2. The van der Waals surface area contributed by atoms with Gasteiger partial charge in [0.05, 0.1) is 23.8 Å². The lowest BCUT2D eigenvalue weighted by atomic mass is 10.2. The summed E-state index contributed by atoms with van der Waals surface area (Å²) in [7, 11) is -0.529. The van der Waals surface area contributed by atoms with Gasteiger partial charge in [0.2, 0.25) is 5.90 Å². The molecule has 2 aliphatic heterocycles. The van der Waals surface area contributed by atoms with E-state index in [0.717, 1.165) is 0 Å². The smallest absolute Gasteiger partial charge is 0.388 e. The lowest BCUT2D eigenvalue weighted by Gasteiger charge is -2.30. The Morgan fingerprint density at radius 1 is 1.39 bits per heavy atom. The van der Waals surface area contributed by atoms with E-state index in [0.29, 0.717) is 37.6 Å². The first kappa shape index (κ1) is 15.7. The fraction of sp³-hybridized carbons (Fsp3) is 0.385. The minimum Gasteiger partial charge on any atom is -0.388 e. The van der Waals surface area contributed by atoms with Crippen LogP contribution in [-0.2, 0) is 13.8 Å². The zero-order valence-electron chi connectivity index (χ0n) is 12.0. The van der Waals surface area contributed by atoms with E-state index in [9.17, 15) is 14.7 Å². The Morgan fingerprint density at radius 3 is 2.87 bits per heavy atom. The fourth-order valence-corrected chi connectivity index (χ4v) is 2.64. The molecule has 1 unspecified atom stereocenters. The second-order valence-corrected chi connectivity index (χ2v) is 5.25. The number of benzene rings is 1. The van der Waals surface area contributed by atoms with Crippen LogP contribution in [-0.4, -0.2) is 54.4 Å². The first-order chi connectivity index (χ1) is 11.2. The van der Waals surface area contributed by atoms with Crippen molar-refractivity contribution < 1.29 is 18.7 Å². The molecule has 9 nitrogen and oxygen atoms in total. The van der Waals surface area contributed by atoms with Crippen LogP contribution in [0.5, 0.6) is 0 Å². The van der Waals surface area contributed by atoms with Gasteiger partial charge in [-0.05, 0) is 6.07 Å². The van der Waals surface area contributed by atoms with E-state index < -0.39 is 19.8 Å². The Bertz CT molecular complexity index is 687. The van der Waals surface area contributed by atoms with E-state index in [1.807, 2.05) is 4.90 Å². The molecule has 0 bridgehead atoms. The monoisotopic (exact) mass is 336 g/mol. The van der Waals surface area contributed by atoms with Gasteiger partial charge in [0.25, 0.3) is 5.69 Å². The largest absolute Gasteiger partial charge is 0.397 e. The number of nitro groups is 1. The minimum absolute atomic E-state index is 0.0420. The predicted molar refractivity (Wildman–Crippen MR) is 82.7 cm³/mol. The molecule has 0 amide bonds. The zero-order chi connectivity index (χ0) is 16.2. The van der Waals surface area contributed by atoms with Gasteiger partial charge in [-0.1, -0.05) is 0 Å². The van der Waals surface area contributed by atoms with Crippen molar-refractivity contribution in [3.05, 3.63) is 33.9 Å². The van der Waals surface area contributed by atoms with Crippen LogP contribution in [0.1, 0.15) is 5.56 Å². The van der Waals surface area contributed by atoms with E-state index in [2.05, 4.69) is 9.98 Å². The summed E-state index contributed by atoms with van der Waals surface area (Å²) in [6, 6.07) is 4.28. The van der Waals surface area contributed by atoms with Crippen molar-refractivity contribution in [2.75, 3.05) is 26.3 Å². The quantitative estimate of drug-likeness (QED) is 0.474. The standard InChI is InChI=1S/C13H13N4O5P/c18-17(19)10-1-2-11-9(7-10)8-14-12(13(15-11)22-23-20)16-3-5-21-6-4-16/h1-2,7-8,12H,3-6H2. The van der Waals surface area contributed by atoms with Crippen LogP contribution in [0.3, 0.4) is 0 Å². The SMILES string of the molecule is O=POC1=Nc2ccc([N+](=O)[O-])cc2C=NC1N1CCOCC1. The molecule has 0 spiro atoms. The van der Waals surface area contributed by atoms with Crippen molar-refractivity contribution >= 4 is 32.2 Å². The maximum atomic E-state index is 10.9. The highest BCUT2D eigenvalue weighted by Gasteiger charge is 2.28. The first-order valence-electron chi connectivity index (χ1n) is 6.91. The number of hydrogen-bond donors (Lipinski definition) is 0. The molecule has 0 saturated carbocycles. The summed E-state index contributed by atoms with van der Waals surface area (Å²) >= 11 is 0. The van der Waals surface area contributed by atoms with Gasteiger partial charge in [0, 0.05) is 37.0 Å². The van der Waals surface area contributed by atoms with Crippen LogP contribution in [0.4, 0.5) is 11.4 Å². The molecular weight excluding hydrogens is 323 g/mol. The van der Waals surface area contributed by atoms with Crippen LogP contribution in [0.25, 0.3) is 0 Å². The number of hydrogen-bond acceptors (Lipinski definition) is 8. The van der Waals surface area contributed by atoms with Gasteiger partial charge in [-0.25, -0.2) is 9.56 Å². The van der Waals surface area contributed by atoms with Crippen LogP contribution in [0.2, 0.25) is 0 Å². The van der Waals surface area contributed by atoms with E-state index in [-0.39, 0.29) is 11.6 Å². The van der Waals surface area contributed by atoms with Crippen molar-refractivity contribution in [3.63, 3.8) is 0 Å². The number of nitrogens with zero attached hydrogens (tertiary/aromatic N) is 4. The molecule has 0 N–H and O–H groups in total. The molecular formula is C13H13N4O5P. The molecule has 2 aliphatic rings. The predicted octanol–water partition coefficient (Wildman–Crippen LogP) is 1.94. The van der Waals surface area contributed by atoms with Crippen LogP contribution < -0.4 is 0 Å². The van der Waals surface area contributed by atoms with Crippen molar-refractivity contribution in [1.82, 2.24) is 4.90 Å². The van der Waals surface area contributed by atoms with Crippen molar-refractivity contribution in [1.29, 1.82) is 0 Å². The van der Waals surface area contributed by atoms with Gasteiger partial charge in [0.15, 0.2) is 6.17 Å². The molecule has 3 rings (SSSR count). The summed E-state index contributed by atoms with van der Waals surface area (Å²) in [5, 5.41) is 10.9. The topological polar surface area (TPSA) is 107 Å². The van der Waals surface area contributed by atoms with E-state index >= 15 is 0 Å². The van der Waals surface area contributed by atoms with Gasteiger partial charge in [-0.3, -0.25) is 20.0 Å². The second-order valence-electron chi connectivity index (χ2n) is 4.92. The van der Waals surface area contributed by atoms with Gasteiger partial charge < -0.3 is 9.26 Å². The Morgan fingerprint density at radius 2 is 2.17 bits per heavy atom. The summed E-state index contributed by atoms with van der Waals surface area (Å²) in [6.45, 7) is 2.40. The molecule has 0 aromatic heterocycles. The van der Waals surface area contributed by atoms with Gasteiger partial charge in [0.1, 0.15) is 0 Å². The average Bonchev–Trinajstić information content (AvgIpc) is 2.74. The summed E-state index contributed by atoms with van der Waals surface area (Å²) in [5.41, 5.74) is 0.951. The molecule has 1 atom stereocenters. The molecule has 0 radical (unpaired) electrons. The van der Waals surface area contributed by atoms with Gasteiger partial charge in [-0.15, -0.1) is 0 Å². The molecule has 1 aromatic rings. The molecule has 1 aromatic carbocycles.